The first-order chi connectivity index (χ1) is 8.40. The molecular weight excluding hydrogens is 238 g/mol. The topological polar surface area (TPSA) is 105 Å². The van der Waals surface area contributed by atoms with E-state index in [1.165, 1.54) is 12.3 Å². The summed E-state index contributed by atoms with van der Waals surface area (Å²) in [5.74, 6) is -0.724. The number of nitrogens with zero attached hydrogens (tertiary/aromatic N) is 2. The molecule has 1 rings (SSSR count). The molecule has 0 aliphatic heterocycles. The first-order valence-corrected chi connectivity index (χ1v) is 5.49. The highest BCUT2D eigenvalue weighted by atomic mass is 16.6. The third-order valence-electron chi connectivity index (χ3n) is 2.38. The van der Waals surface area contributed by atoms with Crippen LogP contribution in [-0.2, 0) is 4.79 Å². The molecule has 18 heavy (non-hydrogen) atoms. The number of pyridine rings is 1. The summed E-state index contributed by atoms with van der Waals surface area (Å²) < 4.78 is 0. The van der Waals surface area contributed by atoms with Gasteiger partial charge in [-0.25, -0.2) is 4.98 Å². The normalized spacial score (nSPS) is 11.9. The molecule has 0 saturated carbocycles. The SMILES string of the molecule is Cc1cnc(NC(C)CCC(=O)O)c([N+](=O)[O-])c1. The lowest BCUT2D eigenvalue weighted by molar-refractivity contribution is -0.384. The first kappa shape index (κ1) is 13.9. The van der Waals surface area contributed by atoms with Crippen LogP contribution in [0.1, 0.15) is 25.3 Å². The Morgan fingerprint density at radius 3 is 2.89 bits per heavy atom. The second kappa shape index (κ2) is 5.95. The van der Waals surface area contributed by atoms with Gasteiger partial charge in [0.1, 0.15) is 0 Å². The average Bonchev–Trinajstić information content (AvgIpc) is 2.28. The molecule has 98 valence electrons. The van der Waals surface area contributed by atoms with Gasteiger partial charge in [-0.05, 0) is 25.8 Å². The van der Waals surface area contributed by atoms with E-state index in [0.717, 1.165) is 0 Å². The van der Waals surface area contributed by atoms with Crippen molar-refractivity contribution in [2.75, 3.05) is 5.32 Å². The second-order valence-electron chi connectivity index (χ2n) is 4.12. The number of carboxylic acid groups (broad SMARTS) is 1. The number of rotatable bonds is 6. The molecule has 0 amide bonds. The van der Waals surface area contributed by atoms with Crippen molar-refractivity contribution in [3.8, 4) is 0 Å². The van der Waals surface area contributed by atoms with E-state index < -0.39 is 10.9 Å². The van der Waals surface area contributed by atoms with Gasteiger partial charge in [0.05, 0.1) is 4.92 Å². The van der Waals surface area contributed by atoms with Crippen LogP contribution in [0.15, 0.2) is 12.3 Å². The molecule has 1 atom stereocenters. The molecule has 0 aliphatic carbocycles. The lowest BCUT2D eigenvalue weighted by Crippen LogP contribution is -2.18. The fraction of sp³-hybridized carbons (Fsp3) is 0.455. The minimum atomic E-state index is -0.894. The predicted molar refractivity (Wildman–Crippen MR) is 65.6 cm³/mol. The molecule has 1 aromatic rings. The van der Waals surface area contributed by atoms with Crippen molar-refractivity contribution >= 4 is 17.5 Å². The predicted octanol–water partition coefficient (Wildman–Crippen LogP) is 1.96. The Morgan fingerprint density at radius 2 is 2.33 bits per heavy atom. The Labute approximate surface area is 104 Å². The molecule has 7 nitrogen and oxygen atoms in total. The van der Waals surface area contributed by atoms with Crippen LogP contribution in [0, 0.1) is 17.0 Å². The van der Waals surface area contributed by atoms with Crippen molar-refractivity contribution < 1.29 is 14.8 Å². The van der Waals surface area contributed by atoms with Gasteiger partial charge in [0, 0.05) is 24.7 Å². The maximum Gasteiger partial charge on any atom is 0.311 e. The lowest BCUT2D eigenvalue weighted by atomic mass is 10.2. The number of nitro groups is 1. The first-order valence-electron chi connectivity index (χ1n) is 5.49. The van der Waals surface area contributed by atoms with Gasteiger partial charge in [0.15, 0.2) is 0 Å². The number of aromatic nitrogens is 1. The molecule has 0 spiro atoms. The number of carbonyl (C=O) groups is 1. The van der Waals surface area contributed by atoms with Gasteiger partial charge in [-0.15, -0.1) is 0 Å². The molecule has 0 fully saturated rings. The molecule has 0 aromatic carbocycles. The number of nitrogens with one attached hydrogen (secondary N) is 1. The zero-order valence-corrected chi connectivity index (χ0v) is 10.2. The number of hydrogen-bond acceptors (Lipinski definition) is 5. The van der Waals surface area contributed by atoms with Gasteiger partial charge in [0.2, 0.25) is 5.82 Å². The van der Waals surface area contributed by atoms with Crippen molar-refractivity contribution in [1.82, 2.24) is 4.98 Å². The van der Waals surface area contributed by atoms with Crippen molar-refractivity contribution in [3.05, 3.63) is 27.9 Å². The highest BCUT2D eigenvalue weighted by Crippen LogP contribution is 2.23. The van der Waals surface area contributed by atoms with E-state index in [1.807, 2.05) is 0 Å². The standard InChI is InChI=1S/C11H15N3O4/c1-7-5-9(14(17)18)11(12-6-7)13-8(2)3-4-10(15)16/h5-6,8H,3-4H2,1-2H3,(H,12,13)(H,15,16). The van der Waals surface area contributed by atoms with Crippen LogP contribution in [-0.4, -0.2) is 27.0 Å². The van der Waals surface area contributed by atoms with Gasteiger partial charge in [-0.2, -0.15) is 0 Å². The van der Waals surface area contributed by atoms with Crippen LogP contribution in [0.2, 0.25) is 0 Å². The number of hydrogen-bond donors (Lipinski definition) is 2. The van der Waals surface area contributed by atoms with Crippen LogP contribution < -0.4 is 5.32 Å². The van der Waals surface area contributed by atoms with Crippen molar-refractivity contribution in [1.29, 1.82) is 0 Å². The fourth-order valence-electron chi connectivity index (χ4n) is 1.45. The average molecular weight is 253 g/mol. The Bertz CT molecular complexity index is 462. The molecular formula is C11H15N3O4. The van der Waals surface area contributed by atoms with E-state index >= 15 is 0 Å². The van der Waals surface area contributed by atoms with Crippen molar-refractivity contribution in [2.45, 2.75) is 32.7 Å². The molecule has 1 unspecified atom stereocenters. The van der Waals surface area contributed by atoms with E-state index in [1.54, 1.807) is 13.8 Å². The minimum absolute atomic E-state index is 0.00776. The zero-order valence-electron chi connectivity index (χ0n) is 10.2. The number of carboxylic acids is 1. The summed E-state index contributed by atoms with van der Waals surface area (Å²) in [5.41, 5.74) is 0.600. The zero-order chi connectivity index (χ0) is 13.7. The molecule has 2 N–H and O–H groups in total. The third kappa shape index (κ3) is 4.00. The Hall–Kier alpha value is -2.18. The summed E-state index contributed by atoms with van der Waals surface area (Å²) in [6.07, 6.45) is 1.91. The Morgan fingerprint density at radius 1 is 1.67 bits per heavy atom. The van der Waals surface area contributed by atoms with Crippen LogP contribution >= 0.6 is 0 Å². The van der Waals surface area contributed by atoms with Crippen LogP contribution in [0.4, 0.5) is 11.5 Å². The smallest absolute Gasteiger partial charge is 0.311 e. The summed E-state index contributed by atoms with van der Waals surface area (Å²) in [6.45, 7) is 3.48. The largest absolute Gasteiger partial charge is 0.481 e. The monoisotopic (exact) mass is 253 g/mol. The van der Waals surface area contributed by atoms with Crippen LogP contribution in [0.3, 0.4) is 0 Å². The maximum absolute atomic E-state index is 10.9. The molecule has 1 heterocycles. The van der Waals surface area contributed by atoms with E-state index in [0.29, 0.717) is 12.0 Å². The molecule has 7 heteroatoms. The van der Waals surface area contributed by atoms with Crippen molar-refractivity contribution in [3.63, 3.8) is 0 Å². The summed E-state index contributed by atoms with van der Waals surface area (Å²) in [6, 6.07) is 1.23. The van der Waals surface area contributed by atoms with Gasteiger partial charge in [-0.3, -0.25) is 14.9 Å². The number of aliphatic carboxylic acids is 1. The maximum atomic E-state index is 10.9. The highest BCUT2D eigenvalue weighted by Gasteiger charge is 2.17. The van der Waals surface area contributed by atoms with Crippen LogP contribution in [0.5, 0.6) is 0 Å². The molecule has 0 radical (unpaired) electrons. The summed E-state index contributed by atoms with van der Waals surface area (Å²) in [5, 5.41) is 22.3. The second-order valence-corrected chi connectivity index (χ2v) is 4.12. The van der Waals surface area contributed by atoms with E-state index in [9.17, 15) is 14.9 Å². The summed E-state index contributed by atoms with van der Waals surface area (Å²) in [4.78, 5) is 24.7. The van der Waals surface area contributed by atoms with Crippen molar-refractivity contribution in [2.24, 2.45) is 0 Å². The van der Waals surface area contributed by atoms with E-state index in [4.69, 9.17) is 5.11 Å². The fourth-order valence-corrected chi connectivity index (χ4v) is 1.45. The quantitative estimate of drug-likeness (QED) is 0.593. The summed E-state index contributed by atoms with van der Waals surface area (Å²) >= 11 is 0. The van der Waals surface area contributed by atoms with E-state index in [-0.39, 0.29) is 24.0 Å². The lowest BCUT2D eigenvalue weighted by Gasteiger charge is -2.13. The highest BCUT2D eigenvalue weighted by molar-refractivity contribution is 5.66. The number of anilines is 1. The molecule has 0 saturated heterocycles. The van der Waals surface area contributed by atoms with E-state index in [2.05, 4.69) is 10.3 Å². The van der Waals surface area contributed by atoms with Gasteiger partial charge in [-0.1, -0.05) is 0 Å². The van der Waals surface area contributed by atoms with Gasteiger partial charge in [0.25, 0.3) is 0 Å². The minimum Gasteiger partial charge on any atom is -0.481 e. The van der Waals surface area contributed by atoms with Gasteiger partial charge >= 0.3 is 11.7 Å². The Kier molecular flexibility index (Phi) is 4.59. The molecule has 0 bridgehead atoms. The molecule has 1 aromatic heterocycles. The number of aryl methyl sites for hydroxylation is 1. The molecule has 0 aliphatic rings. The van der Waals surface area contributed by atoms with Gasteiger partial charge < -0.3 is 10.4 Å². The third-order valence-corrected chi connectivity index (χ3v) is 2.38. The van der Waals surface area contributed by atoms with Crippen LogP contribution in [0.25, 0.3) is 0 Å². The Balaban J connectivity index is 2.77. The summed E-state index contributed by atoms with van der Waals surface area (Å²) in [7, 11) is 0.